The molecule has 124 valence electrons. The highest BCUT2D eigenvalue weighted by molar-refractivity contribution is 7.89. The standard InChI is InChI=1S/C13H17F3N2O3S/c1-9-2-3-10(8-19)7-18(9)22(20,21)11-4-5-12(17-6-11)13(14,15)16/h4-6,9-10,19H,2-3,7-8H2,1H3/t9-,10-/m0/s1. The van der Waals surface area contributed by atoms with E-state index >= 15 is 0 Å². The van der Waals surface area contributed by atoms with Crippen molar-refractivity contribution in [3.63, 3.8) is 0 Å². The van der Waals surface area contributed by atoms with Gasteiger partial charge in [-0.3, -0.25) is 4.98 Å². The lowest BCUT2D eigenvalue weighted by Gasteiger charge is -2.36. The first kappa shape index (κ1) is 17.2. The van der Waals surface area contributed by atoms with Crippen molar-refractivity contribution in [3.05, 3.63) is 24.0 Å². The molecule has 9 heteroatoms. The Morgan fingerprint density at radius 1 is 1.36 bits per heavy atom. The molecule has 0 bridgehead atoms. The maximum absolute atomic E-state index is 12.5. The van der Waals surface area contributed by atoms with Gasteiger partial charge < -0.3 is 5.11 Å². The maximum atomic E-state index is 12.5. The number of sulfonamides is 1. The van der Waals surface area contributed by atoms with E-state index in [2.05, 4.69) is 4.98 Å². The highest BCUT2D eigenvalue weighted by atomic mass is 32.2. The van der Waals surface area contributed by atoms with Crippen LogP contribution in [-0.4, -0.2) is 42.0 Å². The van der Waals surface area contributed by atoms with E-state index in [4.69, 9.17) is 0 Å². The van der Waals surface area contributed by atoms with E-state index in [0.717, 1.165) is 18.7 Å². The molecular formula is C13H17F3N2O3S. The highest BCUT2D eigenvalue weighted by Gasteiger charge is 2.36. The minimum atomic E-state index is -4.61. The quantitative estimate of drug-likeness (QED) is 0.914. The van der Waals surface area contributed by atoms with Crippen LogP contribution in [0.1, 0.15) is 25.5 Å². The number of hydrogen-bond acceptors (Lipinski definition) is 4. The van der Waals surface area contributed by atoms with Crippen molar-refractivity contribution in [2.45, 2.75) is 36.9 Å². The lowest BCUT2D eigenvalue weighted by molar-refractivity contribution is -0.141. The number of aliphatic hydroxyl groups excluding tert-OH is 1. The fraction of sp³-hybridized carbons (Fsp3) is 0.615. The third-order valence-corrected chi connectivity index (χ3v) is 5.78. The van der Waals surface area contributed by atoms with Crippen LogP contribution in [0.5, 0.6) is 0 Å². The van der Waals surface area contributed by atoms with Crippen LogP contribution in [-0.2, 0) is 16.2 Å². The summed E-state index contributed by atoms with van der Waals surface area (Å²) in [5, 5.41) is 9.20. The molecule has 2 heterocycles. The van der Waals surface area contributed by atoms with Gasteiger partial charge in [-0.15, -0.1) is 0 Å². The lowest BCUT2D eigenvalue weighted by Crippen LogP contribution is -2.46. The molecule has 1 aromatic heterocycles. The Morgan fingerprint density at radius 2 is 2.05 bits per heavy atom. The maximum Gasteiger partial charge on any atom is 0.433 e. The molecule has 22 heavy (non-hydrogen) atoms. The molecule has 1 N–H and O–H groups in total. The molecule has 0 aromatic carbocycles. The van der Waals surface area contributed by atoms with Gasteiger partial charge >= 0.3 is 6.18 Å². The van der Waals surface area contributed by atoms with Gasteiger partial charge in [0.2, 0.25) is 10.0 Å². The molecular weight excluding hydrogens is 321 g/mol. The van der Waals surface area contributed by atoms with Crippen LogP contribution in [0.4, 0.5) is 13.2 Å². The highest BCUT2D eigenvalue weighted by Crippen LogP contribution is 2.30. The Morgan fingerprint density at radius 3 is 2.55 bits per heavy atom. The van der Waals surface area contributed by atoms with E-state index in [1.165, 1.54) is 4.31 Å². The van der Waals surface area contributed by atoms with Crippen molar-refractivity contribution in [1.29, 1.82) is 0 Å². The number of aliphatic hydroxyl groups is 1. The van der Waals surface area contributed by atoms with Gasteiger partial charge in [0.15, 0.2) is 0 Å². The van der Waals surface area contributed by atoms with Crippen LogP contribution < -0.4 is 0 Å². The second-order valence-corrected chi connectivity index (χ2v) is 7.32. The van der Waals surface area contributed by atoms with Crippen LogP contribution in [0, 0.1) is 5.92 Å². The number of pyridine rings is 1. The molecule has 1 aliphatic rings. The van der Waals surface area contributed by atoms with Crippen LogP contribution in [0.3, 0.4) is 0 Å². The lowest BCUT2D eigenvalue weighted by atomic mass is 9.96. The minimum absolute atomic E-state index is 0.121. The summed E-state index contributed by atoms with van der Waals surface area (Å²) < 4.78 is 63.7. The molecule has 0 radical (unpaired) electrons. The third-order valence-electron chi connectivity index (χ3n) is 3.81. The Labute approximate surface area is 126 Å². The van der Waals surface area contributed by atoms with Gasteiger partial charge in [-0.25, -0.2) is 8.42 Å². The predicted molar refractivity (Wildman–Crippen MR) is 72.4 cm³/mol. The summed E-state index contributed by atoms with van der Waals surface area (Å²) in [5.74, 6) is -0.159. The van der Waals surface area contributed by atoms with Crippen molar-refractivity contribution < 1.29 is 26.7 Å². The number of hydrogen-bond donors (Lipinski definition) is 1. The Balaban J connectivity index is 2.29. The number of alkyl halides is 3. The van der Waals surface area contributed by atoms with Gasteiger partial charge in [-0.2, -0.15) is 17.5 Å². The summed E-state index contributed by atoms with van der Waals surface area (Å²) >= 11 is 0. The van der Waals surface area contributed by atoms with Gasteiger partial charge in [-0.05, 0) is 37.8 Å². The first-order valence-electron chi connectivity index (χ1n) is 6.82. The summed E-state index contributed by atoms with van der Waals surface area (Å²) in [5.41, 5.74) is -1.13. The third kappa shape index (κ3) is 3.41. The second kappa shape index (κ2) is 6.13. The average Bonchev–Trinajstić information content (AvgIpc) is 2.47. The molecule has 0 amide bonds. The second-order valence-electron chi connectivity index (χ2n) is 5.43. The van der Waals surface area contributed by atoms with E-state index in [-0.39, 0.29) is 30.0 Å². The topological polar surface area (TPSA) is 70.5 Å². The first-order chi connectivity index (χ1) is 10.2. The van der Waals surface area contributed by atoms with Crippen molar-refractivity contribution in [3.8, 4) is 0 Å². The molecule has 0 saturated carbocycles. The Hall–Kier alpha value is -1.19. The Bertz CT molecular complexity index is 616. The van der Waals surface area contributed by atoms with Crippen LogP contribution in [0.25, 0.3) is 0 Å². The van der Waals surface area contributed by atoms with Crippen molar-refractivity contribution >= 4 is 10.0 Å². The zero-order valence-corrected chi connectivity index (χ0v) is 12.7. The number of rotatable bonds is 3. The summed E-state index contributed by atoms with van der Waals surface area (Å²) in [6, 6.07) is 1.31. The van der Waals surface area contributed by atoms with Gasteiger partial charge in [0.05, 0.1) is 0 Å². The molecule has 1 aromatic rings. The molecule has 2 atom stereocenters. The number of halogens is 3. The van der Waals surface area contributed by atoms with Gasteiger partial charge in [0, 0.05) is 25.4 Å². The van der Waals surface area contributed by atoms with Gasteiger partial charge in [-0.1, -0.05) is 0 Å². The van der Waals surface area contributed by atoms with Crippen molar-refractivity contribution in [2.75, 3.05) is 13.2 Å². The van der Waals surface area contributed by atoms with Crippen LogP contribution in [0.2, 0.25) is 0 Å². The molecule has 2 rings (SSSR count). The number of piperidine rings is 1. The molecule has 1 fully saturated rings. The predicted octanol–water partition coefficient (Wildman–Crippen LogP) is 1.88. The van der Waals surface area contributed by atoms with E-state index in [1.807, 2.05) is 0 Å². The van der Waals surface area contributed by atoms with Crippen LogP contribution in [0.15, 0.2) is 23.2 Å². The fourth-order valence-electron chi connectivity index (χ4n) is 2.47. The van der Waals surface area contributed by atoms with Gasteiger partial charge in [0.25, 0.3) is 0 Å². The molecule has 1 aliphatic heterocycles. The normalized spacial score (nSPS) is 24.4. The fourth-order valence-corrected chi connectivity index (χ4v) is 4.15. The SMILES string of the molecule is C[C@H]1CC[C@H](CO)CN1S(=O)(=O)c1ccc(C(F)(F)F)nc1. The number of nitrogens with zero attached hydrogens (tertiary/aromatic N) is 2. The molecule has 0 aliphatic carbocycles. The van der Waals surface area contributed by atoms with E-state index < -0.39 is 21.9 Å². The summed E-state index contributed by atoms with van der Waals surface area (Å²) in [6.45, 7) is 1.77. The Kier molecular flexibility index (Phi) is 4.78. The first-order valence-corrected chi connectivity index (χ1v) is 8.26. The zero-order chi connectivity index (χ0) is 16.5. The number of aromatic nitrogens is 1. The largest absolute Gasteiger partial charge is 0.433 e. The molecule has 1 saturated heterocycles. The van der Waals surface area contributed by atoms with E-state index in [9.17, 15) is 26.7 Å². The molecule has 0 spiro atoms. The molecule has 5 nitrogen and oxygen atoms in total. The summed E-state index contributed by atoms with van der Waals surface area (Å²) in [4.78, 5) is 2.92. The average molecular weight is 338 g/mol. The smallest absolute Gasteiger partial charge is 0.396 e. The van der Waals surface area contributed by atoms with E-state index in [0.29, 0.717) is 12.5 Å². The zero-order valence-electron chi connectivity index (χ0n) is 11.9. The monoisotopic (exact) mass is 338 g/mol. The minimum Gasteiger partial charge on any atom is -0.396 e. The van der Waals surface area contributed by atoms with E-state index in [1.54, 1.807) is 6.92 Å². The molecule has 0 unspecified atom stereocenters. The summed E-state index contributed by atoms with van der Waals surface area (Å²) in [7, 11) is -3.92. The van der Waals surface area contributed by atoms with Gasteiger partial charge in [0.1, 0.15) is 10.6 Å². The van der Waals surface area contributed by atoms with Crippen LogP contribution >= 0.6 is 0 Å². The van der Waals surface area contributed by atoms with Crippen molar-refractivity contribution in [1.82, 2.24) is 9.29 Å². The van der Waals surface area contributed by atoms with Crippen molar-refractivity contribution in [2.24, 2.45) is 5.92 Å². The summed E-state index contributed by atoms with van der Waals surface area (Å²) in [6.07, 6.45) is -2.57.